The largest absolute Gasteiger partial charge is 0.507 e. The maximum absolute atomic E-state index is 13.0. The number of ether oxygens (including phenoxy) is 1. The molecular formula is C28H34N2O5. The van der Waals surface area contributed by atoms with Gasteiger partial charge in [0.1, 0.15) is 18.1 Å². The van der Waals surface area contributed by atoms with Gasteiger partial charge in [0.25, 0.3) is 0 Å². The van der Waals surface area contributed by atoms with E-state index in [9.17, 15) is 19.8 Å². The summed E-state index contributed by atoms with van der Waals surface area (Å²) in [6.07, 6.45) is 4.80. The van der Waals surface area contributed by atoms with Crippen molar-refractivity contribution >= 4 is 28.7 Å². The van der Waals surface area contributed by atoms with Crippen molar-refractivity contribution < 1.29 is 24.5 Å². The summed E-state index contributed by atoms with van der Waals surface area (Å²) in [4.78, 5) is 31.7. The molecule has 0 atom stereocenters. The van der Waals surface area contributed by atoms with Gasteiger partial charge in [-0.15, -0.1) is 0 Å². The van der Waals surface area contributed by atoms with Crippen molar-refractivity contribution in [2.45, 2.75) is 59.8 Å². The summed E-state index contributed by atoms with van der Waals surface area (Å²) < 4.78 is 5.47. The molecule has 7 heteroatoms. The molecule has 186 valence electrons. The van der Waals surface area contributed by atoms with E-state index in [0.717, 1.165) is 54.6 Å². The van der Waals surface area contributed by atoms with Crippen LogP contribution in [0, 0.1) is 5.92 Å². The first-order valence-electron chi connectivity index (χ1n) is 12.5. The second-order valence-corrected chi connectivity index (χ2v) is 9.36. The van der Waals surface area contributed by atoms with E-state index in [-0.39, 0.29) is 46.9 Å². The first-order valence-corrected chi connectivity index (χ1v) is 12.5. The number of aliphatic imine (C=N–C) groups is 1. The third-order valence-corrected chi connectivity index (χ3v) is 7.33. The predicted molar refractivity (Wildman–Crippen MR) is 137 cm³/mol. The first kappa shape index (κ1) is 24.8. The molecule has 0 unspecified atom stereocenters. The van der Waals surface area contributed by atoms with Crippen LogP contribution in [0.25, 0.3) is 5.57 Å². The number of ketones is 1. The van der Waals surface area contributed by atoms with Crippen LogP contribution < -0.4 is 4.90 Å². The number of aliphatic hydroxyl groups excluding tert-OH is 1. The Morgan fingerprint density at radius 1 is 1.14 bits per heavy atom. The predicted octanol–water partition coefficient (Wildman–Crippen LogP) is 5.26. The topological polar surface area (TPSA) is 99.4 Å². The number of phenolic OH excluding ortho intramolecular Hbond substituents is 1. The fourth-order valence-corrected chi connectivity index (χ4v) is 5.30. The summed E-state index contributed by atoms with van der Waals surface area (Å²) >= 11 is 0. The zero-order valence-corrected chi connectivity index (χ0v) is 21.0. The molecule has 2 aliphatic carbocycles. The SMILES string of the molecule is CCC1=C(C)/C(=C2/C(=O)C(c3ccc(N(CC)CCOC(=O)C4CCCC4)cc3O)=C2O)N=C1C. The smallest absolute Gasteiger partial charge is 0.308 e. The Kier molecular flexibility index (Phi) is 7.15. The number of phenols is 1. The number of rotatable bonds is 8. The van der Waals surface area contributed by atoms with Gasteiger partial charge in [-0.25, -0.2) is 0 Å². The highest BCUT2D eigenvalue weighted by atomic mass is 16.5. The maximum atomic E-state index is 13.0. The van der Waals surface area contributed by atoms with E-state index < -0.39 is 0 Å². The van der Waals surface area contributed by atoms with Gasteiger partial charge in [0, 0.05) is 29.6 Å². The molecule has 1 aliphatic heterocycles. The molecule has 0 amide bonds. The lowest BCUT2D eigenvalue weighted by Gasteiger charge is -2.26. The lowest BCUT2D eigenvalue weighted by molar-refractivity contribution is -0.148. The number of aliphatic hydroxyl groups is 1. The van der Waals surface area contributed by atoms with Crippen molar-refractivity contribution in [3.05, 3.63) is 51.9 Å². The van der Waals surface area contributed by atoms with Crippen LogP contribution in [-0.4, -0.2) is 47.4 Å². The number of hydrogen-bond donors (Lipinski definition) is 2. The third kappa shape index (κ3) is 4.51. The molecule has 2 N–H and O–H groups in total. The van der Waals surface area contributed by atoms with E-state index in [2.05, 4.69) is 4.99 Å². The maximum Gasteiger partial charge on any atom is 0.308 e. The fraction of sp³-hybridized carbons (Fsp3) is 0.464. The fourth-order valence-electron chi connectivity index (χ4n) is 5.30. The van der Waals surface area contributed by atoms with Crippen molar-refractivity contribution in [2.75, 3.05) is 24.6 Å². The van der Waals surface area contributed by atoms with Crippen molar-refractivity contribution in [1.29, 1.82) is 0 Å². The van der Waals surface area contributed by atoms with E-state index in [1.807, 2.05) is 32.6 Å². The summed E-state index contributed by atoms with van der Waals surface area (Å²) in [5, 5.41) is 21.5. The van der Waals surface area contributed by atoms with Gasteiger partial charge in [-0.2, -0.15) is 0 Å². The van der Waals surface area contributed by atoms with E-state index in [1.165, 1.54) is 0 Å². The number of carbonyl (C=O) groups excluding carboxylic acids is 2. The molecule has 1 fully saturated rings. The van der Waals surface area contributed by atoms with Gasteiger partial charge >= 0.3 is 5.97 Å². The van der Waals surface area contributed by atoms with Crippen molar-refractivity contribution in [3.63, 3.8) is 0 Å². The Balaban J connectivity index is 1.50. The zero-order valence-electron chi connectivity index (χ0n) is 21.0. The van der Waals surface area contributed by atoms with Gasteiger partial charge in [-0.3, -0.25) is 14.6 Å². The lowest BCUT2D eigenvalue weighted by Crippen LogP contribution is -2.29. The van der Waals surface area contributed by atoms with Gasteiger partial charge in [0.15, 0.2) is 0 Å². The number of esters is 1. The van der Waals surface area contributed by atoms with Crippen LogP contribution in [0.1, 0.15) is 65.4 Å². The quantitative estimate of drug-likeness (QED) is 0.391. The minimum absolute atomic E-state index is 0.0286. The van der Waals surface area contributed by atoms with E-state index >= 15 is 0 Å². The second-order valence-electron chi connectivity index (χ2n) is 9.36. The Labute approximate surface area is 206 Å². The minimum Gasteiger partial charge on any atom is -0.507 e. The average Bonchev–Trinajstić information content (AvgIpc) is 3.46. The van der Waals surface area contributed by atoms with Crippen molar-refractivity contribution in [3.8, 4) is 5.75 Å². The standard InChI is InChI=1S/C28H34N2O5/c1-5-20-16(3)25(29-17(20)4)24-26(32)23(27(24)33)21-12-11-19(15-22(21)31)30(6-2)13-14-35-28(34)18-9-7-8-10-18/h11-12,15,18,31-32H,5-10,13-14H2,1-4H3/b25-24-. The molecule has 0 bridgehead atoms. The number of carbonyl (C=O) groups is 2. The first-order chi connectivity index (χ1) is 16.8. The van der Waals surface area contributed by atoms with E-state index in [0.29, 0.717) is 24.4 Å². The van der Waals surface area contributed by atoms with Crippen LogP contribution in [0.5, 0.6) is 5.75 Å². The highest BCUT2D eigenvalue weighted by Crippen LogP contribution is 2.44. The van der Waals surface area contributed by atoms with Gasteiger partial charge in [0.2, 0.25) is 5.78 Å². The Morgan fingerprint density at radius 2 is 1.86 bits per heavy atom. The molecule has 0 saturated heterocycles. The Bertz CT molecular complexity index is 1180. The van der Waals surface area contributed by atoms with Crippen LogP contribution in [0.4, 0.5) is 5.69 Å². The van der Waals surface area contributed by atoms with Crippen molar-refractivity contribution in [1.82, 2.24) is 0 Å². The molecule has 4 rings (SSSR count). The summed E-state index contributed by atoms with van der Waals surface area (Å²) in [6, 6.07) is 5.02. The molecule has 3 aliphatic rings. The molecule has 1 aromatic carbocycles. The van der Waals surface area contributed by atoms with E-state index in [4.69, 9.17) is 4.74 Å². The Morgan fingerprint density at radius 3 is 2.43 bits per heavy atom. The van der Waals surface area contributed by atoms with Crippen LogP contribution in [0.2, 0.25) is 0 Å². The number of hydrogen-bond acceptors (Lipinski definition) is 7. The molecule has 1 aromatic rings. The monoisotopic (exact) mass is 478 g/mol. The van der Waals surface area contributed by atoms with Gasteiger partial charge in [0.05, 0.1) is 29.3 Å². The average molecular weight is 479 g/mol. The zero-order chi connectivity index (χ0) is 25.3. The molecule has 0 spiro atoms. The summed E-state index contributed by atoms with van der Waals surface area (Å²) in [5.41, 5.74) is 4.74. The van der Waals surface area contributed by atoms with Gasteiger partial charge in [-0.1, -0.05) is 19.8 Å². The number of nitrogens with zero attached hydrogens (tertiary/aromatic N) is 2. The van der Waals surface area contributed by atoms with Crippen LogP contribution >= 0.6 is 0 Å². The normalized spacial score (nSPS) is 20.5. The van der Waals surface area contributed by atoms with Crippen LogP contribution in [0.3, 0.4) is 0 Å². The van der Waals surface area contributed by atoms with Crippen LogP contribution in [0.15, 0.2) is 51.4 Å². The molecular weight excluding hydrogens is 444 g/mol. The van der Waals surface area contributed by atoms with Crippen molar-refractivity contribution in [2.24, 2.45) is 10.9 Å². The van der Waals surface area contributed by atoms with Gasteiger partial charge < -0.3 is 19.8 Å². The molecule has 1 heterocycles. The molecule has 0 aromatic heterocycles. The highest BCUT2D eigenvalue weighted by Gasteiger charge is 2.40. The molecule has 35 heavy (non-hydrogen) atoms. The highest BCUT2D eigenvalue weighted by molar-refractivity contribution is 6.40. The van der Waals surface area contributed by atoms with E-state index in [1.54, 1.807) is 18.2 Å². The summed E-state index contributed by atoms with van der Waals surface area (Å²) in [7, 11) is 0. The third-order valence-electron chi connectivity index (χ3n) is 7.33. The summed E-state index contributed by atoms with van der Waals surface area (Å²) in [6.45, 7) is 9.27. The number of allylic oxidation sites excluding steroid dienone is 4. The summed E-state index contributed by atoms with van der Waals surface area (Å²) in [5.74, 6) is -0.630. The number of likely N-dealkylation sites (N-methyl/N-ethyl adjacent to an activating group) is 1. The number of aromatic hydroxyl groups is 1. The van der Waals surface area contributed by atoms with Crippen LogP contribution in [-0.2, 0) is 14.3 Å². The lowest BCUT2D eigenvalue weighted by atomic mass is 9.81. The minimum atomic E-state index is -0.319. The second kappa shape index (κ2) is 10.1. The molecule has 7 nitrogen and oxygen atoms in total. The number of Topliss-reactive ketones (excluding diaryl/α,β-unsaturated/α-hetero) is 1. The molecule has 0 radical (unpaired) electrons. The Hall–Kier alpha value is -3.35. The van der Waals surface area contributed by atoms with Gasteiger partial charge in [-0.05, 0) is 63.3 Å². The number of anilines is 1. The number of benzene rings is 1. The molecule has 1 saturated carbocycles.